The lowest BCUT2D eigenvalue weighted by Gasteiger charge is -2.49. The summed E-state index contributed by atoms with van der Waals surface area (Å²) in [5.41, 5.74) is 3.38. The van der Waals surface area contributed by atoms with Crippen molar-refractivity contribution >= 4 is 11.6 Å². The van der Waals surface area contributed by atoms with Gasteiger partial charge in [0, 0.05) is 5.02 Å². The van der Waals surface area contributed by atoms with Crippen molar-refractivity contribution in [1.82, 2.24) is 0 Å². The summed E-state index contributed by atoms with van der Waals surface area (Å²) in [6.07, 6.45) is -4.31. The summed E-state index contributed by atoms with van der Waals surface area (Å²) in [5, 5.41) is 41.3. The van der Waals surface area contributed by atoms with E-state index in [0.717, 1.165) is 17.5 Å². The van der Waals surface area contributed by atoms with Gasteiger partial charge in [-0.15, -0.1) is 0 Å². The van der Waals surface area contributed by atoms with Crippen molar-refractivity contribution in [2.24, 2.45) is 0 Å². The third kappa shape index (κ3) is 3.61. The molecule has 4 rings (SSSR count). The molecule has 2 aromatic carbocycles. The van der Waals surface area contributed by atoms with Gasteiger partial charge >= 0.3 is 0 Å². The van der Waals surface area contributed by atoms with Crippen LogP contribution in [0.2, 0.25) is 5.02 Å². The van der Waals surface area contributed by atoms with Gasteiger partial charge in [0.1, 0.15) is 30.2 Å². The smallest absolute Gasteiger partial charge is 0.231 e. The van der Waals surface area contributed by atoms with Gasteiger partial charge in [-0.3, -0.25) is 0 Å². The molecule has 0 bridgehead atoms. The lowest BCUT2D eigenvalue weighted by atomic mass is 9.86. The van der Waals surface area contributed by atoms with Crippen LogP contribution in [0.3, 0.4) is 0 Å². The normalized spacial score (nSPS) is 30.7. The standard InChI is InChI=1S/C22H25ClO7/c1-2-12-3-5-13(6-4-12)7-14-8-15-17(9-16(14)23)28-11-29-22(15)21(27)20(26)19(25)18(10-24)30-22/h3-6,8-9,18-21,24-27H,2,7,10-11H2,1H3/t18-,19-,20+,21-,22+/m1/s1. The first-order chi connectivity index (χ1) is 14.4. The maximum atomic E-state index is 10.8. The van der Waals surface area contributed by atoms with Crippen molar-refractivity contribution in [2.45, 2.75) is 50.0 Å². The molecule has 1 spiro atoms. The maximum Gasteiger partial charge on any atom is 0.231 e. The topological polar surface area (TPSA) is 109 Å². The number of hydrogen-bond acceptors (Lipinski definition) is 7. The Hall–Kier alpha value is -1.71. The number of aliphatic hydroxyl groups excluding tert-OH is 4. The van der Waals surface area contributed by atoms with Crippen LogP contribution in [0.5, 0.6) is 5.75 Å². The number of aliphatic hydroxyl groups is 4. The molecule has 0 aliphatic carbocycles. The van der Waals surface area contributed by atoms with Crippen LogP contribution in [0, 0.1) is 0 Å². The molecule has 4 N–H and O–H groups in total. The minimum atomic E-state index is -1.80. The third-order valence-electron chi connectivity index (χ3n) is 5.79. The average molecular weight is 437 g/mol. The van der Waals surface area contributed by atoms with Gasteiger partial charge in [0.05, 0.1) is 12.2 Å². The molecule has 2 aliphatic heterocycles. The van der Waals surface area contributed by atoms with Gasteiger partial charge in [0.25, 0.3) is 0 Å². The summed E-state index contributed by atoms with van der Waals surface area (Å²) < 4.78 is 17.0. The lowest BCUT2D eigenvalue weighted by Crippen LogP contribution is -2.65. The van der Waals surface area contributed by atoms with E-state index in [1.165, 1.54) is 5.56 Å². The first-order valence-corrected chi connectivity index (χ1v) is 10.3. The Morgan fingerprint density at radius 3 is 2.43 bits per heavy atom. The third-order valence-corrected chi connectivity index (χ3v) is 6.14. The number of ether oxygens (including phenoxy) is 3. The van der Waals surface area contributed by atoms with Gasteiger partial charge in [-0.2, -0.15) is 0 Å². The molecule has 0 aromatic heterocycles. The molecule has 0 amide bonds. The number of aryl methyl sites for hydroxylation is 1. The first-order valence-electron chi connectivity index (χ1n) is 9.90. The van der Waals surface area contributed by atoms with E-state index in [0.29, 0.717) is 22.8 Å². The van der Waals surface area contributed by atoms with E-state index in [1.807, 2.05) is 12.1 Å². The monoisotopic (exact) mass is 436 g/mol. The number of fused-ring (bicyclic) bond motifs is 2. The summed E-state index contributed by atoms with van der Waals surface area (Å²) in [4.78, 5) is 0. The molecule has 1 saturated heterocycles. The zero-order chi connectivity index (χ0) is 21.5. The fourth-order valence-corrected chi connectivity index (χ4v) is 4.20. The predicted octanol–water partition coefficient (Wildman–Crippen LogP) is 1.49. The highest BCUT2D eigenvalue weighted by atomic mass is 35.5. The van der Waals surface area contributed by atoms with Crippen molar-refractivity contribution < 1.29 is 34.6 Å². The number of rotatable bonds is 4. The fourth-order valence-electron chi connectivity index (χ4n) is 3.98. The van der Waals surface area contributed by atoms with Gasteiger partial charge < -0.3 is 34.6 Å². The van der Waals surface area contributed by atoms with E-state index in [-0.39, 0.29) is 6.79 Å². The van der Waals surface area contributed by atoms with E-state index in [2.05, 4.69) is 19.1 Å². The van der Waals surface area contributed by atoms with Gasteiger partial charge in [-0.05, 0) is 41.7 Å². The summed E-state index contributed by atoms with van der Waals surface area (Å²) in [7, 11) is 0. The molecule has 7 nitrogen and oxygen atoms in total. The molecular formula is C22H25ClO7. The molecule has 1 fully saturated rings. The van der Waals surface area contributed by atoms with Gasteiger partial charge in [0.15, 0.2) is 6.79 Å². The van der Waals surface area contributed by atoms with Gasteiger partial charge in [0.2, 0.25) is 5.79 Å². The minimum Gasteiger partial charge on any atom is -0.467 e. The molecule has 162 valence electrons. The number of benzene rings is 2. The van der Waals surface area contributed by atoms with Crippen molar-refractivity contribution in [3.8, 4) is 5.75 Å². The second-order valence-corrected chi connectivity index (χ2v) is 8.03. The first kappa shape index (κ1) is 21.5. The summed E-state index contributed by atoms with van der Waals surface area (Å²) >= 11 is 6.49. The van der Waals surface area contributed by atoms with Gasteiger partial charge in [-0.25, -0.2) is 0 Å². The van der Waals surface area contributed by atoms with Crippen LogP contribution >= 0.6 is 11.6 Å². The Bertz CT molecular complexity index is 901. The van der Waals surface area contributed by atoms with Crippen LogP contribution in [-0.2, 0) is 28.1 Å². The minimum absolute atomic E-state index is 0.251. The fraction of sp³-hybridized carbons (Fsp3) is 0.455. The molecule has 2 aromatic rings. The van der Waals surface area contributed by atoms with Crippen molar-refractivity contribution in [2.75, 3.05) is 13.4 Å². The molecule has 30 heavy (non-hydrogen) atoms. The molecule has 2 heterocycles. The van der Waals surface area contributed by atoms with Crippen molar-refractivity contribution in [3.05, 3.63) is 63.7 Å². The Balaban J connectivity index is 1.74. The quantitative estimate of drug-likeness (QED) is 0.575. The zero-order valence-electron chi connectivity index (χ0n) is 16.5. The van der Waals surface area contributed by atoms with E-state index in [9.17, 15) is 20.4 Å². The van der Waals surface area contributed by atoms with Crippen LogP contribution in [0.15, 0.2) is 36.4 Å². The molecular weight excluding hydrogens is 412 g/mol. The van der Waals surface area contributed by atoms with E-state index < -0.39 is 36.8 Å². The van der Waals surface area contributed by atoms with Crippen molar-refractivity contribution in [1.29, 1.82) is 0 Å². The second-order valence-electron chi connectivity index (χ2n) is 7.63. The highest BCUT2D eigenvalue weighted by Gasteiger charge is 2.58. The largest absolute Gasteiger partial charge is 0.467 e. The molecule has 5 atom stereocenters. The van der Waals surface area contributed by atoms with E-state index in [4.69, 9.17) is 25.8 Å². The Morgan fingerprint density at radius 2 is 1.77 bits per heavy atom. The van der Waals surface area contributed by atoms with E-state index >= 15 is 0 Å². The van der Waals surface area contributed by atoms with Crippen molar-refractivity contribution in [3.63, 3.8) is 0 Å². The van der Waals surface area contributed by atoms with Crippen LogP contribution in [-0.4, -0.2) is 58.2 Å². The average Bonchev–Trinajstić information content (AvgIpc) is 2.76. The lowest BCUT2D eigenvalue weighted by molar-refractivity contribution is -0.389. The molecule has 0 radical (unpaired) electrons. The SMILES string of the molecule is CCc1ccc(Cc2cc3c(cc2Cl)OCO[C@]32O[C@H](CO)[C@@H](O)[C@H](O)[C@H]2O)cc1. The molecule has 0 saturated carbocycles. The van der Waals surface area contributed by atoms with Crippen LogP contribution in [0.4, 0.5) is 0 Å². The van der Waals surface area contributed by atoms with E-state index in [1.54, 1.807) is 12.1 Å². The Kier molecular flexibility index (Phi) is 6.05. The number of hydrogen-bond donors (Lipinski definition) is 4. The summed E-state index contributed by atoms with van der Waals surface area (Å²) in [6, 6.07) is 11.5. The zero-order valence-corrected chi connectivity index (χ0v) is 17.2. The molecule has 0 unspecified atom stereocenters. The highest BCUT2D eigenvalue weighted by Crippen LogP contribution is 2.47. The Labute approximate surface area is 179 Å². The van der Waals surface area contributed by atoms with Gasteiger partial charge in [-0.1, -0.05) is 42.8 Å². The number of halogens is 1. The van der Waals surface area contributed by atoms with Crippen LogP contribution < -0.4 is 4.74 Å². The predicted molar refractivity (Wildman–Crippen MR) is 108 cm³/mol. The molecule has 2 aliphatic rings. The Morgan fingerprint density at radius 1 is 1.07 bits per heavy atom. The molecule has 8 heteroatoms. The summed E-state index contributed by atoms with van der Waals surface area (Å²) in [6.45, 7) is 1.28. The summed E-state index contributed by atoms with van der Waals surface area (Å²) in [5.74, 6) is -1.46. The maximum absolute atomic E-state index is 10.8. The highest BCUT2D eigenvalue weighted by molar-refractivity contribution is 6.31. The second kappa shape index (κ2) is 8.43. The van der Waals surface area contributed by atoms with Crippen LogP contribution in [0.1, 0.15) is 29.2 Å². The van der Waals surface area contributed by atoms with Crippen LogP contribution in [0.25, 0.3) is 0 Å².